The standard InChI is InChI=1S/C10H20N2O2.ClH/c1-10(2,3)11-8-6-4-5-7-12(8)9(13)14;/h8,11H,4-7H2,1-3H3,(H,13,14);1H. The summed E-state index contributed by atoms with van der Waals surface area (Å²) in [5.41, 5.74) is -0.0320. The molecule has 1 aliphatic rings. The molecule has 0 aromatic rings. The number of hydrogen-bond acceptors (Lipinski definition) is 2. The molecule has 1 heterocycles. The largest absolute Gasteiger partial charge is 0.465 e. The Balaban J connectivity index is 0.00000196. The van der Waals surface area contributed by atoms with Crippen LogP contribution < -0.4 is 5.32 Å². The van der Waals surface area contributed by atoms with Gasteiger partial charge in [-0.05, 0) is 40.0 Å². The molecule has 0 saturated carbocycles. The van der Waals surface area contributed by atoms with E-state index < -0.39 is 6.09 Å². The fraction of sp³-hybridized carbons (Fsp3) is 0.900. The summed E-state index contributed by atoms with van der Waals surface area (Å²) in [5.74, 6) is 0. The van der Waals surface area contributed by atoms with E-state index in [1.165, 1.54) is 4.90 Å². The number of likely N-dealkylation sites (tertiary alicyclic amines) is 1. The van der Waals surface area contributed by atoms with Crippen LogP contribution in [0, 0.1) is 0 Å². The second kappa shape index (κ2) is 5.56. The van der Waals surface area contributed by atoms with Crippen molar-refractivity contribution in [2.75, 3.05) is 6.54 Å². The summed E-state index contributed by atoms with van der Waals surface area (Å²) in [6.45, 7) is 6.83. The molecule has 0 aromatic carbocycles. The lowest BCUT2D eigenvalue weighted by Crippen LogP contribution is -2.56. The minimum atomic E-state index is -0.813. The third-order valence-corrected chi connectivity index (χ3v) is 2.35. The molecular weight excluding hydrogens is 216 g/mol. The van der Waals surface area contributed by atoms with Crippen LogP contribution in [0.25, 0.3) is 0 Å². The van der Waals surface area contributed by atoms with E-state index in [-0.39, 0.29) is 24.1 Å². The Kier molecular flexibility index (Phi) is 5.38. The van der Waals surface area contributed by atoms with E-state index in [0.717, 1.165) is 19.3 Å². The molecule has 1 rings (SSSR count). The van der Waals surface area contributed by atoms with Crippen molar-refractivity contribution >= 4 is 18.5 Å². The van der Waals surface area contributed by atoms with Gasteiger partial charge < -0.3 is 5.11 Å². The first-order valence-electron chi connectivity index (χ1n) is 5.17. The highest BCUT2D eigenvalue weighted by Crippen LogP contribution is 2.17. The molecule has 0 aromatic heterocycles. The summed E-state index contributed by atoms with van der Waals surface area (Å²) >= 11 is 0. The van der Waals surface area contributed by atoms with Gasteiger partial charge in [-0.25, -0.2) is 4.79 Å². The van der Waals surface area contributed by atoms with Crippen molar-refractivity contribution in [1.29, 1.82) is 0 Å². The van der Waals surface area contributed by atoms with Crippen LogP contribution in [0.2, 0.25) is 0 Å². The Morgan fingerprint density at radius 1 is 1.40 bits per heavy atom. The molecule has 90 valence electrons. The quantitative estimate of drug-likeness (QED) is 0.735. The second-order valence-corrected chi connectivity index (χ2v) is 4.88. The van der Waals surface area contributed by atoms with Crippen molar-refractivity contribution in [3.8, 4) is 0 Å². The summed E-state index contributed by atoms with van der Waals surface area (Å²) in [5, 5.41) is 12.3. The zero-order valence-electron chi connectivity index (χ0n) is 9.62. The van der Waals surface area contributed by atoms with E-state index in [0.29, 0.717) is 6.54 Å². The van der Waals surface area contributed by atoms with Crippen LogP contribution in [0.1, 0.15) is 40.0 Å². The van der Waals surface area contributed by atoms with Gasteiger partial charge in [-0.3, -0.25) is 10.2 Å². The van der Waals surface area contributed by atoms with Gasteiger partial charge in [0.2, 0.25) is 0 Å². The molecule has 2 N–H and O–H groups in total. The minimum absolute atomic E-state index is 0. The van der Waals surface area contributed by atoms with E-state index in [1.807, 2.05) is 0 Å². The number of halogens is 1. The lowest BCUT2D eigenvalue weighted by atomic mass is 10.0. The van der Waals surface area contributed by atoms with Gasteiger partial charge in [-0.2, -0.15) is 0 Å². The lowest BCUT2D eigenvalue weighted by Gasteiger charge is -2.38. The first-order chi connectivity index (χ1) is 6.40. The third kappa shape index (κ3) is 4.71. The summed E-state index contributed by atoms with van der Waals surface area (Å²) < 4.78 is 0. The zero-order valence-corrected chi connectivity index (χ0v) is 10.4. The molecule has 1 aliphatic heterocycles. The molecule has 15 heavy (non-hydrogen) atoms. The molecule has 1 amide bonds. The predicted octanol–water partition coefficient (Wildman–Crippen LogP) is 2.29. The SMILES string of the molecule is CC(C)(C)NC1CCCCN1C(=O)O.Cl. The number of carboxylic acid groups (broad SMARTS) is 1. The topological polar surface area (TPSA) is 52.6 Å². The highest BCUT2D eigenvalue weighted by Gasteiger charge is 2.28. The van der Waals surface area contributed by atoms with Crippen molar-refractivity contribution in [3.05, 3.63) is 0 Å². The summed E-state index contributed by atoms with van der Waals surface area (Å²) in [6.07, 6.45) is 2.18. The van der Waals surface area contributed by atoms with Gasteiger partial charge in [0.25, 0.3) is 0 Å². The van der Waals surface area contributed by atoms with Gasteiger partial charge in [0.1, 0.15) is 0 Å². The summed E-state index contributed by atoms with van der Waals surface area (Å²) in [6, 6.07) is 0. The average Bonchev–Trinajstić information content (AvgIpc) is 2.01. The number of piperidine rings is 1. The van der Waals surface area contributed by atoms with Crippen LogP contribution in [0.4, 0.5) is 4.79 Å². The first-order valence-corrected chi connectivity index (χ1v) is 5.17. The molecule has 0 bridgehead atoms. The van der Waals surface area contributed by atoms with Crippen LogP contribution in [-0.4, -0.2) is 34.3 Å². The Bertz CT molecular complexity index is 216. The van der Waals surface area contributed by atoms with E-state index >= 15 is 0 Å². The Labute approximate surface area is 97.4 Å². The number of amides is 1. The maximum Gasteiger partial charge on any atom is 0.408 e. The molecule has 1 atom stereocenters. The smallest absolute Gasteiger partial charge is 0.408 e. The number of carbonyl (C=O) groups is 1. The van der Waals surface area contributed by atoms with Gasteiger partial charge in [0.05, 0.1) is 6.17 Å². The fourth-order valence-electron chi connectivity index (χ4n) is 1.81. The lowest BCUT2D eigenvalue weighted by molar-refractivity contribution is 0.0820. The molecule has 0 spiro atoms. The number of hydrogen-bond donors (Lipinski definition) is 2. The zero-order chi connectivity index (χ0) is 10.8. The van der Waals surface area contributed by atoms with Gasteiger partial charge in [-0.15, -0.1) is 12.4 Å². The van der Waals surface area contributed by atoms with Gasteiger partial charge in [-0.1, -0.05) is 0 Å². The van der Waals surface area contributed by atoms with Crippen molar-refractivity contribution in [2.24, 2.45) is 0 Å². The second-order valence-electron chi connectivity index (χ2n) is 4.88. The van der Waals surface area contributed by atoms with Crippen molar-refractivity contribution in [2.45, 2.75) is 51.7 Å². The Hall–Kier alpha value is -0.480. The highest BCUT2D eigenvalue weighted by atomic mass is 35.5. The van der Waals surface area contributed by atoms with Crippen molar-refractivity contribution in [1.82, 2.24) is 10.2 Å². The molecule has 0 radical (unpaired) electrons. The third-order valence-electron chi connectivity index (χ3n) is 2.35. The minimum Gasteiger partial charge on any atom is -0.465 e. The van der Waals surface area contributed by atoms with Gasteiger partial charge in [0.15, 0.2) is 0 Å². The van der Waals surface area contributed by atoms with E-state index in [4.69, 9.17) is 5.11 Å². The number of nitrogens with zero attached hydrogens (tertiary/aromatic N) is 1. The normalized spacial score (nSPS) is 22.1. The number of nitrogens with one attached hydrogen (secondary N) is 1. The molecule has 1 saturated heterocycles. The van der Waals surface area contributed by atoms with Gasteiger partial charge in [0, 0.05) is 12.1 Å². The maximum atomic E-state index is 10.9. The van der Waals surface area contributed by atoms with Gasteiger partial charge >= 0.3 is 6.09 Å². The Morgan fingerprint density at radius 2 is 2.00 bits per heavy atom. The summed E-state index contributed by atoms with van der Waals surface area (Å²) in [4.78, 5) is 12.4. The van der Waals surface area contributed by atoms with E-state index in [9.17, 15) is 4.79 Å². The Morgan fingerprint density at radius 3 is 2.47 bits per heavy atom. The molecular formula is C10H21ClN2O2. The molecule has 4 nitrogen and oxygen atoms in total. The van der Waals surface area contributed by atoms with Crippen molar-refractivity contribution in [3.63, 3.8) is 0 Å². The number of rotatable bonds is 1. The van der Waals surface area contributed by atoms with Crippen LogP contribution in [0.5, 0.6) is 0 Å². The molecule has 1 fully saturated rings. The van der Waals surface area contributed by atoms with Crippen molar-refractivity contribution < 1.29 is 9.90 Å². The molecule has 5 heteroatoms. The summed E-state index contributed by atoms with van der Waals surface area (Å²) in [7, 11) is 0. The highest BCUT2D eigenvalue weighted by molar-refractivity contribution is 5.85. The van der Waals surface area contributed by atoms with Crippen LogP contribution in [0.15, 0.2) is 0 Å². The maximum absolute atomic E-state index is 10.9. The molecule has 0 aliphatic carbocycles. The van der Waals surface area contributed by atoms with Crippen LogP contribution in [0.3, 0.4) is 0 Å². The fourth-order valence-corrected chi connectivity index (χ4v) is 1.81. The molecule has 1 unspecified atom stereocenters. The average molecular weight is 237 g/mol. The van der Waals surface area contributed by atoms with E-state index in [2.05, 4.69) is 26.1 Å². The monoisotopic (exact) mass is 236 g/mol. The van der Waals surface area contributed by atoms with Crippen LogP contribution >= 0.6 is 12.4 Å². The first kappa shape index (κ1) is 14.5. The van der Waals surface area contributed by atoms with E-state index in [1.54, 1.807) is 0 Å². The van der Waals surface area contributed by atoms with Crippen LogP contribution in [-0.2, 0) is 0 Å². The predicted molar refractivity (Wildman–Crippen MR) is 62.5 cm³/mol.